The van der Waals surface area contributed by atoms with Gasteiger partial charge in [0.15, 0.2) is 0 Å². The smallest absolute Gasteiger partial charge is 0.224 e. The van der Waals surface area contributed by atoms with Crippen molar-refractivity contribution in [3.8, 4) is 11.5 Å². The summed E-state index contributed by atoms with van der Waals surface area (Å²) < 4.78 is 15.4. The lowest BCUT2D eigenvalue weighted by atomic mass is 10.1. The Kier molecular flexibility index (Phi) is 8.64. The Bertz CT molecular complexity index is 1140. The van der Waals surface area contributed by atoms with Crippen molar-refractivity contribution in [2.45, 2.75) is 32.7 Å². The SMILES string of the molecule is COc1cccc(Cc2nsc(N(CCC(=O)N3CCN(c4ccccc4OC)CC3)C(C)C)n2)c1. The van der Waals surface area contributed by atoms with E-state index in [0.717, 1.165) is 46.8 Å². The number of hydrogen-bond donors (Lipinski definition) is 0. The van der Waals surface area contributed by atoms with E-state index in [9.17, 15) is 4.79 Å². The van der Waals surface area contributed by atoms with Crippen LogP contribution in [0.2, 0.25) is 0 Å². The van der Waals surface area contributed by atoms with Gasteiger partial charge in [-0.05, 0) is 43.7 Å². The molecular weight excluding hydrogens is 474 g/mol. The predicted octanol–water partition coefficient (Wildman–Crippen LogP) is 4.10. The van der Waals surface area contributed by atoms with E-state index >= 15 is 0 Å². The number of aromatic nitrogens is 2. The molecule has 1 fully saturated rings. The van der Waals surface area contributed by atoms with E-state index < -0.39 is 0 Å². The number of methoxy groups -OCH3 is 2. The number of carbonyl (C=O) groups is 1. The van der Waals surface area contributed by atoms with Crippen LogP contribution in [0.3, 0.4) is 0 Å². The van der Waals surface area contributed by atoms with Crippen LogP contribution in [-0.4, -0.2) is 73.1 Å². The van der Waals surface area contributed by atoms with Crippen molar-refractivity contribution >= 4 is 28.3 Å². The number of piperazine rings is 1. The Morgan fingerprint density at radius 3 is 2.56 bits per heavy atom. The topological polar surface area (TPSA) is 71.0 Å². The van der Waals surface area contributed by atoms with Crippen LogP contribution in [0.25, 0.3) is 0 Å². The van der Waals surface area contributed by atoms with Crippen molar-refractivity contribution < 1.29 is 14.3 Å². The molecule has 192 valence electrons. The van der Waals surface area contributed by atoms with Gasteiger partial charge in [-0.15, -0.1) is 0 Å². The number of nitrogens with zero attached hydrogens (tertiary/aromatic N) is 5. The first-order valence-corrected chi connectivity index (χ1v) is 13.1. The van der Waals surface area contributed by atoms with Crippen LogP contribution in [0, 0.1) is 0 Å². The van der Waals surface area contributed by atoms with Crippen LogP contribution in [0.4, 0.5) is 10.8 Å². The number of rotatable bonds is 10. The number of benzene rings is 2. The van der Waals surface area contributed by atoms with Crippen molar-refractivity contribution in [3.63, 3.8) is 0 Å². The van der Waals surface area contributed by atoms with Crippen LogP contribution in [0.1, 0.15) is 31.7 Å². The summed E-state index contributed by atoms with van der Waals surface area (Å²) in [6, 6.07) is 16.2. The van der Waals surface area contributed by atoms with Gasteiger partial charge in [-0.3, -0.25) is 4.79 Å². The quantitative estimate of drug-likeness (QED) is 0.408. The number of amides is 1. The number of anilines is 2. The van der Waals surface area contributed by atoms with Gasteiger partial charge in [-0.1, -0.05) is 24.3 Å². The van der Waals surface area contributed by atoms with E-state index in [0.29, 0.717) is 32.5 Å². The Morgan fingerprint density at radius 2 is 1.83 bits per heavy atom. The molecule has 8 nitrogen and oxygen atoms in total. The summed E-state index contributed by atoms with van der Waals surface area (Å²) in [5.74, 6) is 2.66. The molecule has 0 unspecified atom stereocenters. The van der Waals surface area contributed by atoms with Gasteiger partial charge in [-0.2, -0.15) is 4.37 Å². The summed E-state index contributed by atoms with van der Waals surface area (Å²) >= 11 is 1.39. The second-order valence-corrected chi connectivity index (χ2v) is 9.83. The first-order chi connectivity index (χ1) is 17.5. The van der Waals surface area contributed by atoms with Crippen LogP contribution >= 0.6 is 11.5 Å². The lowest BCUT2D eigenvalue weighted by Crippen LogP contribution is -2.49. The molecule has 1 saturated heterocycles. The fraction of sp³-hybridized carbons (Fsp3) is 0.444. The third kappa shape index (κ3) is 6.26. The standard InChI is InChI=1S/C27H35N5O3S/c1-20(2)32(27-28-25(29-36-27)19-21-8-7-9-22(18-21)34-3)13-12-26(33)31-16-14-30(15-17-31)23-10-5-6-11-24(23)35-4/h5-11,18,20H,12-17,19H2,1-4H3. The summed E-state index contributed by atoms with van der Waals surface area (Å²) in [5.41, 5.74) is 2.19. The highest BCUT2D eigenvalue weighted by Gasteiger charge is 2.24. The molecule has 0 saturated carbocycles. The molecular formula is C27H35N5O3S. The molecule has 2 aromatic carbocycles. The third-order valence-electron chi connectivity index (χ3n) is 6.45. The molecule has 0 spiro atoms. The van der Waals surface area contributed by atoms with E-state index in [4.69, 9.17) is 14.5 Å². The Labute approximate surface area is 217 Å². The number of para-hydroxylation sites is 2. The van der Waals surface area contributed by atoms with Gasteiger partial charge in [0.05, 0.1) is 19.9 Å². The minimum atomic E-state index is 0.182. The molecule has 0 radical (unpaired) electrons. The first kappa shape index (κ1) is 25.8. The maximum Gasteiger partial charge on any atom is 0.224 e. The second kappa shape index (κ2) is 12.1. The van der Waals surface area contributed by atoms with Gasteiger partial charge in [0.2, 0.25) is 11.0 Å². The van der Waals surface area contributed by atoms with Gasteiger partial charge in [0.25, 0.3) is 0 Å². The predicted molar refractivity (Wildman–Crippen MR) is 145 cm³/mol. The maximum absolute atomic E-state index is 13.0. The van der Waals surface area contributed by atoms with Crippen molar-refractivity contribution in [2.75, 3.05) is 56.7 Å². The van der Waals surface area contributed by atoms with E-state index in [1.807, 2.05) is 41.3 Å². The molecule has 0 bridgehead atoms. The lowest BCUT2D eigenvalue weighted by Gasteiger charge is -2.37. The molecule has 1 aliphatic heterocycles. The molecule has 0 atom stereocenters. The third-order valence-corrected chi connectivity index (χ3v) is 7.24. The van der Waals surface area contributed by atoms with Gasteiger partial charge in [0, 0.05) is 63.1 Å². The average Bonchev–Trinajstić information content (AvgIpc) is 3.36. The first-order valence-electron chi connectivity index (χ1n) is 12.4. The molecule has 1 aliphatic rings. The molecule has 36 heavy (non-hydrogen) atoms. The van der Waals surface area contributed by atoms with Gasteiger partial charge >= 0.3 is 0 Å². The van der Waals surface area contributed by atoms with Gasteiger partial charge in [-0.25, -0.2) is 4.98 Å². The molecule has 0 aliphatic carbocycles. The van der Waals surface area contributed by atoms with E-state index in [1.54, 1.807) is 14.2 Å². The summed E-state index contributed by atoms with van der Waals surface area (Å²) in [5, 5.41) is 0.858. The maximum atomic E-state index is 13.0. The second-order valence-electron chi connectivity index (χ2n) is 9.10. The van der Waals surface area contributed by atoms with Crippen LogP contribution < -0.4 is 19.3 Å². The fourth-order valence-electron chi connectivity index (χ4n) is 4.43. The monoisotopic (exact) mass is 509 g/mol. The highest BCUT2D eigenvalue weighted by atomic mass is 32.1. The van der Waals surface area contributed by atoms with Crippen LogP contribution in [0.15, 0.2) is 48.5 Å². The summed E-state index contributed by atoms with van der Waals surface area (Å²) in [7, 11) is 3.36. The van der Waals surface area contributed by atoms with Crippen LogP contribution in [-0.2, 0) is 11.2 Å². The molecule has 1 amide bonds. The Hall–Kier alpha value is -3.33. The fourth-order valence-corrected chi connectivity index (χ4v) is 5.28. The number of carbonyl (C=O) groups excluding carboxylic acids is 1. The normalized spacial score (nSPS) is 13.7. The average molecular weight is 510 g/mol. The summed E-state index contributed by atoms with van der Waals surface area (Å²) in [6.45, 7) is 7.88. The number of ether oxygens (including phenoxy) is 2. The Balaban J connectivity index is 1.31. The minimum Gasteiger partial charge on any atom is -0.497 e. The van der Waals surface area contributed by atoms with Gasteiger partial charge < -0.3 is 24.2 Å². The van der Waals surface area contributed by atoms with E-state index in [2.05, 4.69) is 40.2 Å². The van der Waals surface area contributed by atoms with Gasteiger partial charge in [0.1, 0.15) is 17.3 Å². The van der Waals surface area contributed by atoms with Crippen molar-refractivity contribution in [2.24, 2.45) is 0 Å². The minimum absolute atomic E-state index is 0.182. The lowest BCUT2D eigenvalue weighted by molar-refractivity contribution is -0.131. The molecule has 1 aromatic heterocycles. The molecule has 0 N–H and O–H groups in total. The van der Waals surface area contributed by atoms with Crippen molar-refractivity contribution in [3.05, 3.63) is 59.9 Å². The van der Waals surface area contributed by atoms with Crippen LogP contribution in [0.5, 0.6) is 11.5 Å². The zero-order valence-corrected chi connectivity index (χ0v) is 22.3. The zero-order valence-electron chi connectivity index (χ0n) is 21.5. The van der Waals surface area contributed by atoms with E-state index in [-0.39, 0.29) is 11.9 Å². The van der Waals surface area contributed by atoms with Crippen molar-refractivity contribution in [1.82, 2.24) is 14.3 Å². The van der Waals surface area contributed by atoms with E-state index in [1.165, 1.54) is 11.5 Å². The molecule has 2 heterocycles. The molecule has 4 rings (SSSR count). The number of hydrogen-bond acceptors (Lipinski definition) is 8. The highest BCUT2D eigenvalue weighted by Crippen LogP contribution is 2.28. The summed E-state index contributed by atoms with van der Waals surface area (Å²) in [4.78, 5) is 24.3. The highest BCUT2D eigenvalue weighted by molar-refractivity contribution is 7.09. The molecule has 9 heteroatoms. The zero-order chi connectivity index (χ0) is 25.5. The largest absolute Gasteiger partial charge is 0.497 e. The summed E-state index contributed by atoms with van der Waals surface area (Å²) in [6.07, 6.45) is 1.10. The molecule has 3 aromatic rings. The van der Waals surface area contributed by atoms with Crippen molar-refractivity contribution in [1.29, 1.82) is 0 Å². The Morgan fingerprint density at radius 1 is 1.06 bits per heavy atom.